The molecule has 0 aliphatic heterocycles. The summed E-state index contributed by atoms with van der Waals surface area (Å²) < 4.78 is 1.65. The Kier molecular flexibility index (Phi) is 6.28. The molecular weight excluding hydrogens is 466 g/mol. The van der Waals surface area contributed by atoms with Crippen molar-refractivity contribution in [3.63, 3.8) is 0 Å². The third kappa shape index (κ3) is 4.80. The lowest BCUT2D eigenvalue weighted by molar-refractivity contribution is -0.121. The number of hydrogen-bond donors (Lipinski definition) is 2. The summed E-state index contributed by atoms with van der Waals surface area (Å²) in [6.45, 7) is 0. The highest BCUT2D eigenvalue weighted by Crippen LogP contribution is 2.26. The molecule has 0 radical (unpaired) electrons. The molecule has 0 fully saturated rings. The molecule has 3 aromatic heterocycles. The second-order valence-electron chi connectivity index (χ2n) is 7.37. The van der Waals surface area contributed by atoms with Crippen molar-refractivity contribution in [3.8, 4) is 27.5 Å². The van der Waals surface area contributed by atoms with E-state index < -0.39 is 5.91 Å². The fourth-order valence-corrected chi connectivity index (χ4v) is 4.90. The number of carbonyl (C=O) groups is 2. The van der Waals surface area contributed by atoms with Gasteiger partial charge in [-0.05, 0) is 23.6 Å². The first-order chi connectivity index (χ1) is 16.7. The molecule has 168 valence electrons. The zero-order valence-electron chi connectivity index (χ0n) is 17.8. The fourth-order valence-electron chi connectivity index (χ4n) is 3.37. The molecule has 0 spiro atoms. The molecule has 0 aliphatic carbocycles. The number of rotatable bonds is 6. The second kappa shape index (κ2) is 9.82. The van der Waals surface area contributed by atoms with Gasteiger partial charge in [0.15, 0.2) is 0 Å². The highest BCUT2D eigenvalue weighted by molar-refractivity contribution is 7.14. The Morgan fingerprint density at radius 2 is 1.65 bits per heavy atom. The van der Waals surface area contributed by atoms with E-state index in [0.717, 1.165) is 21.8 Å². The number of amides is 2. The molecule has 0 saturated heterocycles. The van der Waals surface area contributed by atoms with Crippen LogP contribution in [0.5, 0.6) is 0 Å². The van der Waals surface area contributed by atoms with Crippen LogP contribution in [0.4, 0.5) is 0 Å². The summed E-state index contributed by atoms with van der Waals surface area (Å²) >= 11 is 3.09. The number of nitrogens with zero attached hydrogens (tertiary/aromatic N) is 3. The third-order valence-corrected chi connectivity index (χ3v) is 6.63. The van der Waals surface area contributed by atoms with Crippen molar-refractivity contribution in [3.05, 3.63) is 100 Å². The maximum Gasteiger partial charge on any atom is 0.273 e. The number of carbonyl (C=O) groups excluding carboxylic acids is 2. The minimum atomic E-state index is -0.452. The molecule has 2 aromatic carbocycles. The highest BCUT2D eigenvalue weighted by Gasteiger charge is 2.19. The van der Waals surface area contributed by atoms with Crippen LogP contribution in [0.2, 0.25) is 0 Å². The molecule has 9 heteroatoms. The van der Waals surface area contributed by atoms with Gasteiger partial charge < -0.3 is 0 Å². The van der Waals surface area contributed by atoms with Gasteiger partial charge in [0.1, 0.15) is 10.7 Å². The monoisotopic (exact) mass is 485 g/mol. The summed E-state index contributed by atoms with van der Waals surface area (Å²) in [5, 5.41) is 11.4. The molecule has 2 amide bonds. The highest BCUT2D eigenvalue weighted by atomic mass is 32.1. The van der Waals surface area contributed by atoms with Crippen LogP contribution in [0.3, 0.4) is 0 Å². The molecule has 0 atom stereocenters. The molecule has 0 saturated carbocycles. The van der Waals surface area contributed by atoms with E-state index in [9.17, 15) is 9.59 Å². The molecule has 0 aliphatic rings. The number of nitrogens with one attached hydrogen (secondary N) is 2. The van der Waals surface area contributed by atoms with Gasteiger partial charge in [0.2, 0.25) is 5.91 Å². The van der Waals surface area contributed by atoms with E-state index >= 15 is 0 Å². The lowest BCUT2D eigenvalue weighted by Gasteiger charge is -2.07. The van der Waals surface area contributed by atoms with E-state index in [-0.39, 0.29) is 12.3 Å². The van der Waals surface area contributed by atoms with Crippen LogP contribution in [0, 0.1) is 0 Å². The van der Waals surface area contributed by atoms with Crippen LogP contribution in [0.1, 0.15) is 16.1 Å². The Morgan fingerprint density at radius 3 is 2.38 bits per heavy atom. The Morgan fingerprint density at radius 1 is 0.882 bits per heavy atom. The number of benzene rings is 2. The number of aromatic nitrogens is 3. The first-order valence-electron chi connectivity index (χ1n) is 10.4. The van der Waals surface area contributed by atoms with E-state index in [1.807, 2.05) is 82.9 Å². The fraction of sp³-hybridized carbons (Fsp3) is 0.0400. The van der Waals surface area contributed by atoms with Gasteiger partial charge in [-0.15, -0.1) is 11.3 Å². The van der Waals surface area contributed by atoms with E-state index in [1.54, 1.807) is 22.2 Å². The van der Waals surface area contributed by atoms with E-state index in [4.69, 9.17) is 0 Å². The molecule has 5 aromatic rings. The first-order valence-corrected chi connectivity index (χ1v) is 12.3. The third-order valence-electron chi connectivity index (χ3n) is 5.00. The zero-order chi connectivity index (χ0) is 23.3. The van der Waals surface area contributed by atoms with Gasteiger partial charge in [-0.1, -0.05) is 48.5 Å². The predicted octanol–water partition coefficient (Wildman–Crippen LogP) is 4.73. The second-order valence-corrected chi connectivity index (χ2v) is 9.01. The summed E-state index contributed by atoms with van der Waals surface area (Å²) in [7, 11) is 0. The molecule has 7 nitrogen and oxygen atoms in total. The topological polar surface area (TPSA) is 88.9 Å². The summed E-state index contributed by atoms with van der Waals surface area (Å²) in [5.74, 6) is -0.807. The van der Waals surface area contributed by atoms with Crippen LogP contribution in [-0.2, 0) is 11.2 Å². The molecule has 3 heterocycles. The van der Waals surface area contributed by atoms with Crippen LogP contribution in [0.25, 0.3) is 27.5 Å². The average molecular weight is 486 g/mol. The number of para-hydroxylation sites is 1. The average Bonchev–Trinajstić information content (AvgIpc) is 3.64. The number of hydrazine groups is 1. The predicted molar refractivity (Wildman–Crippen MR) is 134 cm³/mol. The normalized spacial score (nSPS) is 10.7. The van der Waals surface area contributed by atoms with Crippen LogP contribution in [-0.4, -0.2) is 26.6 Å². The van der Waals surface area contributed by atoms with E-state index in [0.29, 0.717) is 17.0 Å². The lowest BCUT2D eigenvalue weighted by atomic mass is 10.1. The van der Waals surface area contributed by atoms with Gasteiger partial charge in [-0.2, -0.15) is 16.4 Å². The smallest absolute Gasteiger partial charge is 0.273 e. The van der Waals surface area contributed by atoms with Crippen molar-refractivity contribution in [2.75, 3.05) is 0 Å². The van der Waals surface area contributed by atoms with E-state index in [2.05, 4.69) is 20.9 Å². The molecule has 2 N–H and O–H groups in total. The quantitative estimate of drug-likeness (QED) is 0.341. The maximum atomic E-state index is 13.0. The van der Waals surface area contributed by atoms with Gasteiger partial charge in [-0.3, -0.25) is 20.4 Å². The summed E-state index contributed by atoms with van der Waals surface area (Å²) in [4.78, 5) is 30.0. The Labute approximate surface area is 203 Å². The molecule has 5 rings (SSSR count). The number of hydrogen-bond acceptors (Lipinski definition) is 6. The largest absolute Gasteiger partial charge is 0.273 e. The van der Waals surface area contributed by atoms with Crippen LogP contribution < -0.4 is 10.9 Å². The Balaban J connectivity index is 1.30. The van der Waals surface area contributed by atoms with Crippen molar-refractivity contribution < 1.29 is 9.59 Å². The zero-order valence-corrected chi connectivity index (χ0v) is 19.5. The first kappa shape index (κ1) is 21.7. The SMILES string of the molecule is O=C(Cc1csc(-c2ccsc2)n1)NNC(=O)c1cn(-c2ccccc2)nc1-c1ccccc1. The van der Waals surface area contributed by atoms with Gasteiger partial charge in [-0.25, -0.2) is 9.67 Å². The summed E-state index contributed by atoms with van der Waals surface area (Å²) in [6.07, 6.45) is 1.72. The Hall–Kier alpha value is -4.08. The minimum Gasteiger partial charge on any atom is -0.273 e. The lowest BCUT2D eigenvalue weighted by Crippen LogP contribution is -2.42. The van der Waals surface area contributed by atoms with Crippen molar-refractivity contribution in [2.45, 2.75) is 6.42 Å². The van der Waals surface area contributed by atoms with E-state index in [1.165, 1.54) is 11.3 Å². The minimum absolute atomic E-state index is 0.0652. The number of thiazole rings is 1. The van der Waals surface area contributed by atoms with Crippen molar-refractivity contribution in [1.82, 2.24) is 25.6 Å². The number of thiophene rings is 1. The maximum absolute atomic E-state index is 13.0. The van der Waals surface area contributed by atoms with Crippen molar-refractivity contribution >= 4 is 34.5 Å². The summed E-state index contributed by atoms with van der Waals surface area (Å²) in [5.41, 5.74) is 9.20. The van der Waals surface area contributed by atoms with Crippen LogP contribution in [0.15, 0.2) is 89.1 Å². The molecule has 34 heavy (non-hydrogen) atoms. The molecular formula is C25H19N5O2S2. The van der Waals surface area contributed by atoms with Gasteiger partial charge >= 0.3 is 0 Å². The van der Waals surface area contributed by atoms with Gasteiger partial charge in [0.25, 0.3) is 5.91 Å². The summed E-state index contributed by atoms with van der Waals surface area (Å²) in [6, 6.07) is 21.0. The van der Waals surface area contributed by atoms with Crippen LogP contribution >= 0.6 is 22.7 Å². The van der Waals surface area contributed by atoms with Gasteiger partial charge in [0, 0.05) is 28.1 Å². The molecule has 0 unspecified atom stereocenters. The van der Waals surface area contributed by atoms with Crippen molar-refractivity contribution in [1.29, 1.82) is 0 Å². The molecule has 0 bridgehead atoms. The van der Waals surface area contributed by atoms with Crippen molar-refractivity contribution in [2.24, 2.45) is 0 Å². The van der Waals surface area contributed by atoms with Gasteiger partial charge in [0.05, 0.1) is 23.4 Å². The Bertz CT molecular complexity index is 1410. The standard InChI is InChI=1S/C25H19N5O2S2/c31-22(13-19-16-34-25(26-19)18-11-12-33-15-18)27-28-24(32)21-14-30(20-9-5-2-6-10-20)29-23(21)17-7-3-1-4-8-17/h1-12,14-16H,13H2,(H,27,31)(H,28,32).